The van der Waals surface area contributed by atoms with Crippen LogP contribution in [0, 0.1) is 24.2 Å². The van der Waals surface area contributed by atoms with Gasteiger partial charge >= 0.3 is 0 Å². The predicted molar refractivity (Wildman–Crippen MR) is 99.7 cm³/mol. The van der Waals surface area contributed by atoms with Gasteiger partial charge in [0.25, 0.3) is 0 Å². The van der Waals surface area contributed by atoms with E-state index in [0.717, 1.165) is 63.1 Å². The second-order valence-corrected chi connectivity index (χ2v) is 7.44. The Kier molecular flexibility index (Phi) is 6.45. The van der Waals surface area contributed by atoms with E-state index in [-0.39, 0.29) is 18.0 Å². The summed E-state index contributed by atoms with van der Waals surface area (Å²) in [7, 11) is 0. The van der Waals surface area contributed by atoms with E-state index in [2.05, 4.69) is 21.7 Å². The molecule has 2 aliphatic rings. The van der Waals surface area contributed by atoms with Gasteiger partial charge in [-0.15, -0.1) is 0 Å². The van der Waals surface area contributed by atoms with Crippen LogP contribution < -0.4 is 10.6 Å². The largest absolute Gasteiger partial charge is 0.381 e. The number of hydrogen-bond acceptors (Lipinski definition) is 5. The monoisotopic (exact) mass is 356 g/mol. The first-order valence-electron chi connectivity index (χ1n) is 9.66. The number of nitriles is 1. The lowest BCUT2D eigenvalue weighted by Crippen LogP contribution is -2.42. The van der Waals surface area contributed by atoms with E-state index in [1.165, 1.54) is 0 Å². The standard InChI is InChI=1S/C20H28N4O2/c1-14-10-19(16(12-21)13-22-14)24-18-5-3-2-4-15(18)11-20(25)23-17-6-8-26-9-7-17/h10,13,15,17-18H,2-9,11H2,1H3,(H,22,24)(H,23,25)/t15-,18-/m0/s1. The van der Waals surface area contributed by atoms with E-state index in [1.54, 1.807) is 6.20 Å². The molecule has 0 spiro atoms. The SMILES string of the molecule is Cc1cc(N[C@H]2CCCC[C@H]2CC(=O)NC2CCOCC2)c(C#N)cn1. The lowest BCUT2D eigenvalue weighted by atomic mass is 9.82. The van der Waals surface area contributed by atoms with E-state index >= 15 is 0 Å². The van der Waals surface area contributed by atoms with Crippen molar-refractivity contribution in [2.45, 2.75) is 64.0 Å². The Bertz CT molecular complexity index is 664. The molecule has 6 nitrogen and oxygen atoms in total. The molecule has 6 heteroatoms. The van der Waals surface area contributed by atoms with Crippen molar-refractivity contribution in [1.82, 2.24) is 10.3 Å². The number of hydrogen-bond donors (Lipinski definition) is 2. The maximum atomic E-state index is 12.5. The van der Waals surface area contributed by atoms with Crippen LogP contribution in [0.1, 0.15) is 56.2 Å². The summed E-state index contributed by atoms with van der Waals surface area (Å²) in [6.45, 7) is 3.39. The molecule has 26 heavy (non-hydrogen) atoms. The van der Waals surface area contributed by atoms with Crippen LogP contribution in [-0.4, -0.2) is 36.2 Å². The van der Waals surface area contributed by atoms with Crippen LogP contribution in [0.15, 0.2) is 12.3 Å². The summed E-state index contributed by atoms with van der Waals surface area (Å²) in [5.41, 5.74) is 2.28. The molecule has 1 aliphatic heterocycles. The highest BCUT2D eigenvalue weighted by Gasteiger charge is 2.28. The smallest absolute Gasteiger partial charge is 0.220 e. The fraction of sp³-hybridized carbons (Fsp3) is 0.650. The molecule has 140 valence electrons. The highest BCUT2D eigenvalue weighted by atomic mass is 16.5. The fourth-order valence-electron chi connectivity index (χ4n) is 3.98. The molecule has 0 aromatic carbocycles. The number of amides is 1. The van der Waals surface area contributed by atoms with Crippen molar-refractivity contribution in [3.63, 3.8) is 0 Å². The van der Waals surface area contributed by atoms with E-state index in [4.69, 9.17) is 4.74 Å². The minimum absolute atomic E-state index is 0.141. The van der Waals surface area contributed by atoms with Crippen LogP contribution in [0.3, 0.4) is 0 Å². The summed E-state index contributed by atoms with van der Waals surface area (Å²) in [4.78, 5) is 16.7. The Morgan fingerprint density at radius 2 is 2.08 bits per heavy atom. The van der Waals surface area contributed by atoms with Gasteiger partial charge < -0.3 is 15.4 Å². The zero-order valence-electron chi connectivity index (χ0n) is 15.5. The van der Waals surface area contributed by atoms with Crippen molar-refractivity contribution in [3.05, 3.63) is 23.5 Å². The normalized spacial score (nSPS) is 23.8. The lowest BCUT2D eigenvalue weighted by molar-refractivity contribution is -0.123. The van der Waals surface area contributed by atoms with Crippen LogP contribution in [0.2, 0.25) is 0 Å². The molecular formula is C20H28N4O2. The molecule has 1 saturated carbocycles. The number of carbonyl (C=O) groups is 1. The quantitative estimate of drug-likeness (QED) is 0.847. The molecule has 2 heterocycles. The molecule has 2 fully saturated rings. The van der Waals surface area contributed by atoms with E-state index in [0.29, 0.717) is 17.9 Å². The van der Waals surface area contributed by atoms with Crippen molar-refractivity contribution in [3.8, 4) is 6.07 Å². The topological polar surface area (TPSA) is 87.0 Å². The zero-order chi connectivity index (χ0) is 18.4. The summed E-state index contributed by atoms with van der Waals surface area (Å²) < 4.78 is 5.35. The van der Waals surface area contributed by atoms with Crippen molar-refractivity contribution in [2.24, 2.45) is 5.92 Å². The van der Waals surface area contributed by atoms with Gasteiger partial charge in [0.1, 0.15) is 6.07 Å². The molecule has 1 aromatic heterocycles. The third kappa shape index (κ3) is 4.95. The highest BCUT2D eigenvalue weighted by Crippen LogP contribution is 2.30. The van der Waals surface area contributed by atoms with Gasteiger partial charge in [0.2, 0.25) is 5.91 Å². The molecule has 1 amide bonds. The Labute approximate surface area is 155 Å². The summed E-state index contributed by atoms with van der Waals surface area (Å²) in [6, 6.07) is 4.60. The Balaban J connectivity index is 1.61. The number of aryl methyl sites for hydroxylation is 1. The first-order valence-corrected chi connectivity index (χ1v) is 9.66. The molecule has 0 bridgehead atoms. The summed E-state index contributed by atoms with van der Waals surface area (Å²) in [5, 5.41) is 16.0. The molecule has 1 aromatic rings. The lowest BCUT2D eigenvalue weighted by Gasteiger charge is -2.33. The molecule has 1 aliphatic carbocycles. The molecular weight excluding hydrogens is 328 g/mol. The first kappa shape index (κ1) is 18.7. The average Bonchev–Trinajstić information content (AvgIpc) is 2.64. The summed E-state index contributed by atoms with van der Waals surface area (Å²) in [6.07, 6.45) is 8.36. The third-order valence-electron chi connectivity index (χ3n) is 5.45. The summed E-state index contributed by atoms with van der Waals surface area (Å²) in [5.74, 6) is 0.436. The van der Waals surface area contributed by atoms with Crippen LogP contribution in [-0.2, 0) is 9.53 Å². The number of pyridine rings is 1. The van der Waals surface area contributed by atoms with Gasteiger partial charge in [-0.1, -0.05) is 12.8 Å². The second kappa shape index (κ2) is 9.00. The van der Waals surface area contributed by atoms with Gasteiger partial charge in [-0.25, -0.2) is 0 Å². The van der Waals surface area contributed by atoms with Gasteiger partial charge in [0.15, 0.2) is 0 Å². The molecule has 0 unspecified atom stereocenters. The minimum atomic E-state index is 0.141. The van der Waals surface area contributed by atoms with Crippen molar-refractivity contribution in [2.75, 3.05) is 18.5 Å². The van der Waals surface area contributed by atoms with Gasteiger partial charge in [-0.3, -0.25) is 9.78 Å². The van der Waals surface area contributed by atoms with Crippen LogP contribution in [0.5, 0.6) is 0 Å². The van der Waals surface area contributed by atoms with Crippen LogP contribution >= 0.6 is 0 Å². The number of nitrogens with one attached hydrogen (secondary N) is 2. The van der Waals surface area contributed by atoms with E-state index < -0.39 is 0 Å². The Morgan fingerprint density at radius 1 is 1.31 bits per heavy atom. The van der Waals surface area contributed by atoms with Gasteiger partial charge in [-0.2, -0.15) is 5.26 Å². The second-order valence-electron chi connectivity index (χ2n) is 7.44. The van der Waals surface area contributed by atoms with E-state index in [1.807, 2.05) is 13.0 Å². The number of anilines is 1. The predicted octanol–water partition coefficient (Wildman–Crippen LogP) is 2.92. The molecule has 3 rings (SSSR count). The van der Waals surface area contributed by atoms with Crippen molar-refractivity contribution in [1.29, 1.82) is 5.26 Å². The van der Waals surface area contributed by atoms with Crippen LogP contribution in [0.25, 0.3) is 0 Å². The van der Waals surface area contributed by atoms with Gasteiger partial charge in [0, 0.05) is 43.6 Å². The first-order chi connectivity index (χ1) is 12.7. The third-order valence-corrected chi connectivity index (χ3v) is 5.45. The average molecular weight is 356 g/mol. The fourth-order valence-corrected chi connectivity index (χ4v) is 3.98. The Hall–Kier alpha value is -2.13. The minimum Gasteiger partial charge on any atom is -0.381 e. The van der Waals surface area contributed by atoms with Gasteiger partial charge in [0.05, 0.1) is 11.3 Å². The molecule has 1 saturated heterocycles. The number of ether oxygens (including phenoxy) is 1. The molecule has 0 radical (unpaired) electrons. The van der Waals surface area contributed by atoms with Crippen LogP contribution in [0.4, 0.5) is 5.69 Å². The molecule has 2 atom stereocenters. The maximum absolute atomic E-state index is 12.5. The molecule has 2 N–H and O–H groups in total. The maximum Gasteiger partial charge on any atom is 0.220 e. The number of carbonyl (C=O) groups excluding carboxylic acids is 1. The van der Waals surface area contributed by atoms with Crippen molar-refractivity contribution < 1.29 is 9.53 Å². The van der Waals surface area contributed by atoms with Crippen molar-refractivity contribution >= 4 is 11.6 Å². The highest BCUT2D eigenvalue weighted by molar-refractivity contribution is 5.76. The zero-order valence-corrected chi connectivity index (χ0v) is 15.5. The number of rotatable bonds is 5. The number of nitrogens with zero attached hydrogens (tertiary/aromatic N) is 2. The Morgan fingerprint density at radius 3 is 2.85 bits per heavy atom. The summed E-state index contributed by atoms with van der Waals surface area (Å²) >= 11 is 0. The van der Waals surface area contributed by atoms with E-state index in [9.17, 15) is 10.1 Å². The number of aromatic nitrogens is 1. The van der Waals surface area contributed by atoms with Gasteiger partial charge in [-0.05, 0) is 44.6 Å².